The Morgan fingerprint density at radius 3 is 2.80 bits per heavy atom. The van der Waals surface area contributed by atoms with Crippen molar-refractivity contribution in [3.8, 4) is 0 Å². The van der Waals surface area contributed by atoms with Gasteiger partial charge in [-0.25, -0.2) is 4.68 Å². The maximum atomic E-state index is 11.0. The van der Waals surface area contributed by atoms with Crippen molar-refractivity contribution in [3.63, 3.8) is 0 Å². The molecule has 0 amide bonds. The highest BCUT2D eigenvalue weighted by atomic mass is 16.6. The van der Waals surface area contributed by atoms with E-state index < -0.39 is 4.92 Å². The van der Waals surface area contributed by atoms with Gasteiger partial charge in [-0.2, -0.15) is 5.10 Å². The number of rotatable bonds is 5. The van der Waals surface area contributed by atoms with Gasteiger partial charge >= 0.3 is 5.69 Å². The average Bonchev–Trinajstić information content (AvgIpc) is 2.71. The summed E-state index contributed by atoms with van der Waals surface area (Å²) in [6.07, 6.45) is 0. The summed E-state index contributed by atoms with van der Waals surface area (Å²) in [4.78, 5) is 10.6. The first-order valence-corrected chi connectivity index (χ1v) is 6.13. The smallest absolute Gasteiger partial charge is 0.333 e. The molecule has 0 unspecified atom stereocenters. The fourth-order valence-corrected chi connectivity index (χ4v) is 2.09. The molecule has 2 rings (SSSR count). The summed E-state index contributed by atoms with van der Waals surface area (Å²) in [6, 6.07) is 7.40. The Kier molecular flexibility index (Phi) is 3.99. The van der Waals surface area contributed by atoms with Gasteiger partial charge in [0.05, 0.1) is 11.5 Å². The summed E-state index contributed by atoms with van der Waals surface area (Å²) in [6.45, 7) is 2.00. The quantitative estimate of drug-likeness (QED) is 0.641. The summed E-state index contributed by atoms with van der Waals surface area (Å²) in [5, 5.41) is 27.2. The zero-order chi connectivity index (χ0) is 14.7. The molecular formula is C13H16N4O3. The lowest BCUT2D eigenvalue weighted by Crippen LogP contribution is -2.06. The number of aromatic nitrogens is 2. The predicted octanol–water partition coefficient (Wildman–Crippen LogP) is 1.74. The molecule has 0 aliphatic carbocycles. The zero-order valence-corrected chi connectivity index (χ0v) is 11.3. The largest absolute Gasteiger partial charge is 0.392 e. The van der Waals surface area contributed by atoms with Crippen molar-refractivity contribution in [1.29, 1.82) is 0 Å². The van der Waals surface area contributed by atoms with Crippen LogP contribution in [0.1, 0.15) is 16.8 Å². The van der Waals surface area contributed by atoms with Gasteiger partial charge in [0.1, 0.15) is 5.69 Å². The Balaban J connectivity index is 2.20. The van der Waals surface area contributed by atoms with Gasteiger partial charge < -0.3 is 10.4 Å². The van der Waals surface area contributed by atoms with Crippen LogP contribution in [-0.4, -0.2) is 19.8 Å². The summed E-state index contributed by atoms with van der Waals surface area (Å²) in [5.41, 5.74) is 2.11. The fraction of sp³-hybridized carbons (Fsp3) is 0.308. The first kappa shape index (κ1) is 14.0. The average molecular weight is 276 g/mol. The second kappa shape index (κ2) is 5.70. The predicted molar refractivity (Wildman–Crippen MR) is 74.3 cm³/mol. The van der Waals surface area contributed by atoms with Crippen LogP contribution in [0.5, 0.6) is 0 Å². The van der Waals surface area contributed by atoms with Crippen LogP contribution in [0.4, 0.5) is 11.5 Å². The second-order valence-corrected chi connectivity index (χ2v) is 4.49. The lowest BCUT2D eigenvalue weighted by molar-refractivity contribution is -0.384. The number of hydrogen-bond donors (Lipinski definition) is 2. The SMILES string of the molecule is Cc1nn(C)c(NCc2cccc(CO)c2)c1[N+](=O)[O-]. The fourth-order valence-electron chi connectivity index (χ4n) is 2.09. The topological polar surface area (TPSA) is 93.2 Å². The Hall–Kier alpha value is -2.41. The number of nitro groups is 1. The van der Waals surface area contributed by atoms with E-state index in [1.54, 1.807) is 14.0 Å². The molecule has 106 valence electrons. The van der Waals surface area contributed by atoms with E-state index in [-0.39, 0.29) is 12.3 Å². The molecule has 2 N–H and O–H groups in total. The third kappa shape index (κ3) is 2.77. The van der Waals surface area contributed by atoms with Gasteiger partial charge in [0.25, 0.3) is 0 Å². The molecular weight excluding hydrogens is 260 g/mol. The number of aliphatic hydroxyl groups is 1. The first-order valence-electron chi connectivity index (χ1n) is 6.13. The van der Waals surface area contributed by atoms with Gasteiger partial charge in [-0.15, -0.1) is 0 Å². The molecule has 0 spiro atoms. The summed E-state index contributed by atoms with van der Waals surface area (Å²) >= 11 is 0. The highest BCUT2D eigenvalue weighted by Gasteiger charge is 2.23. The van der Waals surface area contributed by atoms with Gasteiger partial charge in [0.15, 0.2) is 0 Å². The van der Waals surface area contributed by atoms with Crippen LogP contribution in [0.3, 0.4) is 0 Å². The summed E-state index contributed by atoms with van der Waals surface area (Å²) in [5.74, 6) is 0.377. The van der Waals surface area contributed by atoms with Crippen LogP contribution in [0, 0.1) is 17.0 Å². The third-order valence-corrected chi connectivity index (χ3v) is 3.01. The normalized spacial score (nSPS) is 10.6. The summed E-state index contributed by atoms with van der Waals surface area (Å²) < 4.78 is 1.46. The van der Waals surface area contributed by atoms with Crippen LogP contribution >= 0.6 is 0 Å². The molecule has 0 aliphatic heterocycles. The van der Waals surface area contributed by atoms with Crippen molar-refractivity contribution in [2.24, 2.45) is 7.05 Å². The number of benzene rings is 1. The lowest BCUT2D eigenvalue weighted by Gasteiger charge is -2.07. The van der Waals surface area contributed by atoms with E-state index >= 15 is 0 Å². The van der Waals surface area contributed by atoms with Crippen LogP contribution in [0.15, 0.2) is 24.3 Å². The van der Waals surface area contributed by atoms with Crippen molar-refractivity contribution in [2.45, 2.75) is 20.1 Å². The van der Waals surface area contributed by atoms with Gasteiger partial charge in [-0.1, -0.05) is 24.3 Å². The molecule has 0 atom stereocenters. The van der Waals surface area contributed by atoms with E-state index in [1.807, 2.05) is 24.3 Å². The molecule has 1 aromatic heterocycles. The molecule has 20 heavy (non-hydrogen) atoms. The van der Waals surface area contributed by atoms with Crippen molar-refractivity contribution in [1.82, 2.24) is 9.78 Å². The van der Waals surface area contributed by atoms with Crippen molar-refractivity contribution < 1.29 is 10.0 Å². The van der Waals surface area contributed by atoms with E-state index in [9.17, 15) is 10.1 Å². The van der Waals surface area contributed by atoms with Gasteiger partial charge in [-0.3, -0.25) is 10.1 Å². The highest BCUT2D eigenvalue weighted by molar-refractivity contribution is 5.59. The van der Waals surface area contributed by atoms with Gasteiger partial charge in [0.2, 0.25) is 5.82 Å². The molecule has 0 saturated heterocycles. The maximum absolute atomic E-state index is 11.0. The number of nitrogens with zero attached hydrogens (tertiary/aromatic N) is 3. The monoisotopic (exact) mass is 276 g/mol. The minimum Gasteiger partial charge on any atom is -0.392 e. The maximum Gasteiger partial charge on any atom is 0.333 e. The van der Waals surface area contributed by atoms with Gasteiger partial charge in [0, 0.05) is 13.6 Å². The Bertz CT molecular complexity index is 637. The number of nitrogens with one attached hydrogen (secondary N) is 1. The molecule has 0 fully saturated rings. The number of anilines is 1. The van der Waals surface area contributed by atoms with E-state index in [4.69, 9.17) is 5.11 Å². The molecule has 7 nitrogen and oxygen atoms in total. The minimum absolute atomic E-state index is 0.00851. The molecule has 0 radical (unpaired) electrons. The van der Waals surface area contributed by atoms with Crippen LogP contribution in [0.25, 0.3) is 0 Å². The van der Waals surface area contributed by atoms with E-state index in [1.165, 1.54) is 4.68 Å². The molecule has 0 aliphatic rings. The van der Waals surface area contributed by atoms with Crippen LogP contribution in [-0.2, 0) is 20.2 Å². The summed E-state index contributed by atoms with van der Waals surface area (Å²) in [7, 11) is 1.66. The van der Waals surface area contributed by atoms with Gasteiger partial charge in [-0.05, 0) is 18.1 Å². The number of aliphatic hydroxyl groups excluding tert-OH is 1. The second-order valence-electron chi connectivity index (χ2n) is 4.49. The van der Waals surface area contributed by atoms with Crippen molar-refractivity contribution in [2.75, 3.05) is 5.32 Å². The van der Waals surface area contributed by atoms with Crippen LogP contribution in [0.2, 0.25) is 0 Å². The third-order valence-electron chi connectivity index (χ3n) is 3.01. The Morgan fingerprint density at radius 1 is 1.45 bits per heavy atom. The number of hydrogen-bond acceptors (Lipinski definition) is 5. The lowest BCUT2D eigenvalue weighted by atomic mass is 10.1. The van der Waals surface area contributed by atoms with E-state index in [0.717, 1.165) is 11.1 Å². The van der Waals surface area contributed by atoms with Crippen molar-refractivity contribution >= 4 is 11.5 Å². The first-order chi connectivity index (χ1) is 9.52. The highest BCUT2D eigenvalue weighted by Crippen LogP contribution is 2.27. The molecule has 1 heterocycles. The minimum atomic E-state index is -0.436. The molecule has 0 bridgehead atoms. The van der Waals surface area contributed by atoms with Crippen LogP contribution < -0.4 is 5.32 Å². The number of aryl methyl sites for hydroxylation is 2. The zero-order valence-electron chi connectivity index (χ0n) is 11.3. The molecule has 1 aromatic carbocycles. The van der Waals surface area contributed by atoms with E-state index in [0.29, 0.717) is 18.1 Å². The molecule has 7 heteroatoms. The van der Waals surface area contributed by atoms with Crippen molar-refractivity contribution in [3.05, 3.63) is 51.2 Å². The molecule has 2 aromatic rings. The Morgan fingerprint density at radius 2 is 2.15 bits per heavy atom. The molecule has 0 saturated carbocycles. The van der Waals surface area contributed by atoms with E-state index in [2.05, 4.69) is 10.4 Å². The standard InChI is InChI=1S/C13H16N4O3/c1-9-12(17(19)20)13(16(2)15-9)14-7-10-4-3-5-11(6-10)8-18/h3-6,14,18H,7-8H2,1-2H3. The Labute approximate surface area is 116 Å².